The van der Waals surface area contributed by atoms with E-state index in [1.807, 2.05) is 43.5 Å². The SMILES string of the molecule is CCSc1nnc(NC(=O)CSc2nnc(CNC(=O)c3cc(OC)cc(OC)c3)n2-c2cccc(C)c2C)s1. The van der Waals surface area contributed by atoms with E-state index in [2.05, 4.69) is 31.0 Å². The summed E-state index contributed by atoms with van der Waals surface area (Å²) in [5.41, 5.74) is 3.38. The maximum Gasteiger partial charge on any atom is 0.251 e. The van der Waals surface area contributed by atoms with E-state index in [4.69, 9.17) is 9.47 Å². The van der Waals surface area contributed by atoms with E-state index in [1.54, 1.807) is 30.0 Å². The minimum absolute atomic E-state index is 0.0921. The van der Waals surface area contributed by atoms with Gasteiger partial charge in [0.1, 0.15) is 11.5 Å². The summed E-state index contributed by atoms with van der Waals surface area (Å²) in [4.78, 5) is 25.7. The number of nitrogens with one attached hydrogen (secondary N) is 2. The van der Waals surface area contributed by atoms with Crippen LogP contribution in [0.2, 0.25) is 0 Å². The van der Waals surface area contributed by atoms with Gasteiger partial charge in [0, 0.05) is 11.6 Å². The Morgan fingerprint density at radius 2 is 1.75 bits per heavy atom. The molecule has 0 aliphatic rings. The van der Waals surface area contributed by atoms with Crippen LogP contribution < -0.4 is 20.1 Å². The van der Waals surface area contributed by atoms with Gasteiger partial charge in [-0.15, -0.1) is 20.4 Å². The number of anilines is 1. The number of hydrogen-bond donors (Lipinski definition) is 2. The minimum Gasteiger partial charge on any atom is -0.497 e. The van der Waals surface area contributed by atoms with Gasteiger partial charge >= 0.3 is 0 Å². The molecule has 210 valence electrons. The van der Waals surface area contributed by atoms with Crippen molar-refractivity contribution in [3.05, 3.63) is 58.9 Å². The molecule has 2 N–H and O–H groups in total. The average Bonchev–Trinajstić information content (AvgIpc) is 3.58. The predicted molar refractivity (Wildman–Crippen MR) is 157 cm³/mol. The summed E-state index contributed by atoms with van der Waals surface area (Å²) in [6.07, 6.45) is 0. The highest BCUT2D eigenvalue weighted by molar-refractivity contribution is 8.01. The average molecular weight is 600 g/mol. The first-order valence-corrected chi connectivity index (χ1v) is 15.0. The van der Waals surface area contributed by atoms with Gasteiger partial charge in [-0.1, -0.05) is 53.9 Å². The van der Waals surface area contributed by atoms with Gasteiger partial charge in [-0.05, 0) is 48.9 Å². The van der Waals surface area contributed by atoms with E-state index in [0.717, 1.165) is 26.9 Å². The molecular weight excluding hydrogens is 571 g/mol. The largest absolute Gasteiger partial charge is 0.497 e. The van der Waals surface area contributed by atoms with Crippen molar-refractivity contribution in [2.24, 2.45) is 0 Å². The molecule has 11 nitrogen and oxygen atoms in total. The Morgan fingerprint density at radius 1 is 1.00 bits per heavy atom. The molecule has 0 aliphatic heterocycles. The number of hydrogen-bond acceptors (Lipinski definition) is 11. The number of aromatic nitrogens is 5. The molecule has 40 heavy (non-hydrogen) atoms. The van der Waals surface area contributed by atoms with Crippen LogP contribution in [0.5, 0.6) is 11.5 Å². The van der Waals surface area contributed by atoms with Crippen LogP contribution >= 0.6 is 34.9 Å². The number of nitrogens with zero attached hydrogens (tertiary/aromatic N) is 5. The number of carbonyl (C=O) groups is 2. The van der Waals surface area contributed by atoms with Gasteiger partial charge in [0.15, 0.2) is 15.3 Å². The second-order valence-corrected chi connectivity index (χ2v) is 11.8. The van der Waals surface area contributed by atoms with Crippen molar-refractivity contribution in [3.8, 4) is 17.2 Å². The molecule has 0 saturated heterocycles. The molecule has 0 bridgehead atoms. The first-order chi connectivity index (χ1) is 19.3. The van der Waals surface area contributed by atoms with E-state index in [1.165, 1.54) is 37.3 Å². The standard InChI is InChI=1S/C26H29N7O4S3/c1-6-38-26-32-30-24(40-26)28-22(34)14-39-25-31-29-21(33(25)20-9-7-8-15(2)16(20)3)13-27-23(35)17-10-18(36-4)12-19(11-17)37-5/h7-12H,6,13-14H2,1-5H3,(H,27,35)(H,28,30,34). The Kier molecular flexibility index (Phi) is 10.0. The first kappa shape index (κ1) is 29.4. The maximum absolute atomic E-state index is 13.0. The van der Waals surface area contributed by atoms with Crippen molar-refractivity contribution in [2.75, 3.05) is 31.0 Å². The molecule has 4 aromatic rings. The molecule has 2 aromatic carbocycles. The van der Waals surface area contributed by atoms with E-state index in [0.29, 0.717) is 33.2 Å². The molecule has 0 spiro atoms. The fourth-order valence-electron chi connectivity index (χ4n) is 3.66. The summed E-state index contributed by atoms with van der Waals surface area (Å²) < 4.78 is 13.2. The van der Waals surface area contributed by atoms with E-state index in [-0.39, 0.29) is 24.1 Å². The fraction of sp³-hybridized carbons (Fsp3) is 0.308. The van der Waals surface area contributed by atoms with Gasteiger partial charge in [-0.25, -0.2) is 0 Å². The molecule has 4 rings (SSSR count). The van der Waals surface area contributed by atoms with Crippen LogP contribution in [-0.4, -0.2) is 62.5 Å². The lowest BCUT2D eigenvalue weighted by Gasteiger charge is -2.15. The fourth-order valence-corrected chi connectivity index (χ4v) is 6.08. The zero-order chi connectivity index (χ0) is 28.6. The Morgan fingerprint density at radius 3 is 2.45 bits per heavy atom. The zero-order valence-electron chi connectivity index (χ0n) is 22.7. The zero-order valence-corrected chi connectivity index (χ0v) is 25.1. The predicted octanol–water partition coefficient (Wildman–Crippen LogP) is 4.53. The Hall–Kier alpha value is -3.62. The third kappa shape index (κ3) is 7.11. The van der Waals surface area contributed by atoms with Crippen LogP contribution in [0.25, 0.3) is 5.69 Å². The molecule has 2 aromatic heterocycles. The highest BCUT2D eigenvalue weighted by Crippen LogP contribution is 2.28. The lowest BCUT2D eigenvalue weighted by molar-refractivity contribution is -0.113. The molecule has 2 heterocycles. The number of benzene rings is 2. The monoisotopic (exact) mass is 599 g/mol. The van der Waals surface area contributed by atoms with Crippen molar-refractivity contribution in [2.45, 2.75) is 36.8 Å². The summed E-state index contributed by atoms with van der Waals surface area (Å²) in [6.45, 7) is 6.17. The number of rotatable bonds is 12. The van der Waals surface area contributed by atoms with Gasteiger partial charge in [-0.2, -0.15) is 0 Å². The highest BCUT2D eigenvalue weighted by atomic mass is 32.2. The second-order valence-electron chi connectivity index (χ2n) is 8.38. The number of ether oxygens (including phenoxy) is 2. The van der Waals surface area contributed by atoms with Gasteiger partial charge < -0.3 is 14.8 Å². The van der Waals surface area contributed by atoms with Crippen LogP contribution in [0.1, 0.15) is 34.2 Å². The summed E-state index contributed by atoms with van der Waals surface area (Å²) in [5.74, 6) is 1.95. The molecule has 2 amide bonds. The Labute approximate surface area is 244 Å². The Bertz CT molecular complexity index is 1480. The molecule has 0 saturated carbocycles. The smallest absolute Gasteiger partial charge is 0.251 e. The highest BCUT2D eigenvalue weighted by Gasteiger charge is 2.20. The summed E-state index contributed by atoms with van der Waals surface area (Å²) in [7, 11) is 3.05. The van der Waals surface area contributed by atoms with Crippen molar-refractivity contribution in [1.82, 2.24) is 30.3 Å². The quantitative estimate of drug-likeness (QED) is 0.177. The van der Waals surface area contributed by atoms with E-state index >= 15 is 0 Å². The number of aryl methyl sites for hydroxylation is 1. The minimum atomic E-state index is -0.320. The van der Waals surface area contributed by atoms with Crippen LogP contribution in [-0.2, 0) is 11.3 Å². The third-order valence-corrected chi connectivity index (χ3v) is 8.57. The summed E-state index contributed by atoms with van der Waals surface area (Å²) in [5, 5.41) is 23.5. The number of carbonyl (C=O) groups excluding carboxylic acids is 2. The lowest BCUT2D eigenvalue weighted by Crippen LogP contribution is -2.25. The summed E-state index contributed by atoms with van der Waals surface area (Å²) in [6, 6.07) is 10.9. The van der Waals surface area contributed by atoms with Gasteiger partial charge in [0.05, 0.1) is 32.2 Å². The van der Waals surface area contributed by atoms with Gasteiger partial charge in [0.2, 0.25) is 11.0 Å². The van der Waals surface area contributed by atoms with Crippen LogP contribution in [0.3, 0.4) is 0 Å². The normalized spacial score (nSPS) is 10.8. The Balaban J connectivity index is 1.53. The number of methoxy groups -OCH3 is 2. The topological polar surface area (TPSA) is 133 Å². The maximum atomic E-state index is 13.0. The van der Waals surface area contributed by atoms with E-state index < -0.39 is 0 Å². The molecule has 0 atom stereocenters. The molecule has 14 heteroatoms. The van der Waals surface area contributed by atoms with Crippen LogP contribution in [0, 0.1) is 13.8 Å². The molecule has 0 aliphatic carbocycles. The lowest BCUT2D eigenvalue weighted by atomic mass is 10.1. The van der Waals surface area contributed by atoms with Crippen LogP contribution in [0.15, 0.2) is 45.9 Å². The van der Waals surface area contributed by atoms with Crippen molar-refractivity contribution >= 4 is 51.8 Å². The van der Waals surface area contributed by atoms with Crippen LogP contribution in [0.4, 0.5) is 5.13 Å². The molecule has 0 unspecified atom stereocenters. The second kappa shape index (κ2) is 13.6. The third-order valence-electron chi connectivity index (χ3n) is 5.79. The van der Waals surface area contributed by atoms with Crippen molar-refractivity contribution < 1.29 is 19.1 Å². The molecule has 0 fully saturated rings. The molecular formula is C26H29N7O4S3. The van der Waals surface area contributed by atoms with E-state index in [9.17, 15) is 9.59 Å². The summed E-state index contributed by atoms with van der Waals surface area (Å²) >= 11 is 4.15. The van der Waals surface area contributed by atoms with Crippen molar-refractivity contribution in [3.63, 3.8) is 0 Å². The molecule has 0 radical (unpaired) electrons. The van der Waals surface area contributed by atoms with Crippen molar-refractivity contribution in [1.29, 1.82) is 0 Å². The van der Waals surface area contributed by atoms with Gasteiger partial charge in [0.25, 0.3) is 5.91 Å². The number of amides is 2. The van der Waals surface area contributed by atoms with Gasteiger partial charge in [-0.3, -0.25) is 19.5 Å². The first-order valence-electron chi connectivity index (χ1n) is 12.2. The number of thioether (sulfide) groups is 2.